The average Bonchev–Trinajstić information content (AvgIpc) is 3.00. The summed E-state index contributed by atoms with van der Waals surface area (Å²) in [6.45, 7) is 1.94. The summed E-state index contributed by atoms with van der Waals surface area (Å²) in [6.07, 6.45) is 5.00. The summed E-state index contributed by atoms with van der Waals surface area (Å²) < 4.78 is 2.55. The molecule has 0 unspecified atom stereocenters. The summed E-state index contributed by atoms with van der Waals surface area (Å²) in [5.74, 6) is 0.621. The second-order valence-corrected chi connectivity index (χ2v) is 5.68. The molecule has 3 aromatic rings. The monoisotopic (exact) mass is 291 g/mol. The smallest absolute Gasteiger partial charge is 0.240 e. The van der Waals surface area contributed by atoms with Crippen molar-refractivity contribution < 1.29 is 0 Å². The highest BCUT2D eigenvalue weighted by Gasteiger charge is 2.09. The first-order valence-corrected chi connectivity index (χ1v) is 7.00. The number of rotatable bonds is 3. The fourth-order valence-corrected chi connectivity index (χ4v) is 3.05. The summed E-state index contributed by atoms with van der Waals surface area (Å²) in [5, 5.41) is 2.49. The van der Waals surface area contributed by atoms with Gasteiger partial charge in [0.15, 0.2) is 4.34 Å². The van der Waals surface area contributed by atoms with E-state index in [2.05, 4.69) is 24.9 Å². The molecule has 96 valence electrons. The second-order valence-electron chi connectivity index (χ2n) is 3.60. The van der Waals surface area contributed by atoms with E-state index in [1.807, 2.05) is 12.3 Å². The highest BCUT2D eigenvalue weighted by molar-refractivity contribution is 8.00. The minimum Gasteiger partial charge on any atom is -0.368 e. The molecule has 2 N–H and O–H groups in total. The number of nitrogens with zero attached hydrogens (tertiary/aromatic N) is 6. The topological polar surface area (TPSA) is 95.4 Å². The van der Waals surface area contributed by atoms with Gasteiger partial charge in [-0.25, -0.2) is 9.97 Å². The molecule has 0 aliphatic heterocycles. The van der Waals surface area contributed by atoms with Crippen LogP contribution in [-0.4, -0.2) is 29.5 Å². The van der Waals surface area contributed by atoms with Crippen molar-refractivity contribution in [2.45, 2.75) is 16.4 Å². The summed E-state index contributed by atoms with van der Waals surface area (Å²) in [6, 6.07) is 0. The van der Waals surface area contributed by atoms with Gasteiger partial charge in [0.2, 0.25) is 17.1 Å². The highest BCUT2D eigenvalue weighted by atomic mass is 32.2. The first kappa shape index (κ1) is 12.1. The molecule has 0 aliphatic carbocycles. The Kier molecular flexibility index (Phi) is 3.13. The van der Waals surface area contributed by atoms with E-state index in [0.29, 0.717) is 11.1 Å². The van der Waals surface area contributed by atoms with Crippen LogP contribution in [0.5, 0.6) is 0 Å². The third-order valence-corrected chi connectivity index (χ3v) is 4.05. The Balaban J connectivity index is 1.94. The SMILES string of the molecule is Cc1csc(Sc2nc(N)nc(-n3ccnc3)n2)n1. The predicted molar refractivity (Wildman–Crippen MR) is 72.3 cm³/mol. The van der Waals surface area contributed by atoms with Gasteiger partial charge in [0, 0.05) is 23.5 Å². The molecule has 0 fully saturated rings. The van der Waals surface area contributed by atoms with Gasteiger partial charge in [-0.2, -0.15) is 15.0 Å². The minimum absolute atomic E-state index is 0.175. The number of anilines is 1. The van der Waals surface area contributed by atoms with Crippen molar-refractivity contribution in [1.82, 2.24) is 29.5 Å². The van der Waals surface area contributed by atoms with Crippen LogP contribution < -0.4 is 5.73 Å². The number of thiazole rings is 1. The molecule has 0 aromatic carbocycles. The van der Waals surface area contributed by atoms with E-state index in [1.54, 1.807) is 34.6 Å². The minimum atomic E-state index is 0.175. The highest BCUT2D eigenvalue weighted by Crippen LogP contribution is 2.28. The molecular weight excluding hydrogens is 282 g/mol. The lowest BCUT2D eigenvalue weighted by atomic mass is 10.6. The maximum atomic E-state index is 5.70. The first-order chi connectivity index (χ1) is 9.20. The zero-order valence-electron chi connectivity index (χ0n) is 9.89. The van der Waals surface area contributed by atoms with Crippen molar-refractivity contribution >= 4 is 29.0 Å². The van der Waals surface area contributed by atoms with Crippen molar-refractivity contribution in [1.29, 1.82) is 0 Å². The van der Waals surface area contributed by atoms with Crippen LogP contribution in [-0.2, 0) is 0 Å². The van der Waals surface area contributed by atoms with E-state index in [1.165, 1.54) is 11.8 Å². The molecular formula is C10H9N7S2. The molecule has 3 aromatic heterocycles. The lowest BCUT2D eigenvalue weighted by Crippen LogP contribution is -2.05. The van der Waals surface area contributed by atoms with Gasteiger partial charge in [0.1, 0.15) is 6.33 Å². The Morgan fingerprint density at radius 3 is 2.84 bits per heavy atom. The third kappa shape index (κ3) is 2.71. The molecule has 0 amide bonds. The van der Waals surface area contributed by atoms with Crippen LogP contribution in [0.3, 0.4) is 0 Å². The van der Waals surface area contributed by atoms with Crippen LogP contribution in [0, 0.1) is 6.92 Å². The van der Waals surface area contributed by atoms with Gasteiger partial charge < -0.3 is 5.73 Å². The van der Waals surface area contributed by atoms with Gasteiger partial charge in [-0.3, -0.25) is 4.57 Å². The second kappa shape index (κ2) is 4.94. The van der Waals surface area contributed by atoms with Crippen LogP contribution in [0.1, 0.15) is 5.69 Å². The van der Waals surface area contributed by atoms with Crippen molar-refractivity contribution in [3.8, 4) is 5.95 Å². The maximum Gasteiger partial charge on any atom is 0.240 e. The molecule has 0 spiro atoms. The normalized spacial score (nSPS) is 10.8. The fourth-order valence-electron chi connectivity index (χ4n) is 1.36. The van der Waals surface area contributed by atoms with E-state index in [-0.39, 0.29) is 5.95 Å². The largest absolute Gasteiger partial charge is 0.368 e. The van der Waals surface area contributed by atoms with Crippen LogP contribution in [0.2, 0.25) is 0 Å². The number of aromatic nitrogens is 6. The molecule has 9 heteroatoms. The Hall–Kier alpha value is -2.00. The molecule has 0 saturated carbocycles. The quantitative estimate of drug-likeness (QED) is 0.782. The van der Waals surface area contributed by atoms with Gasteiger partial charge in [0.05, 0.1) is 0 Å². The number of aryl methyl sites for hydroxylation is 1. The molecule has 7 nitrogen and oxygen atoms in total. The van der Waals surface area contributed by atoms with Crippen LogP contribution in [0.25, 0.3) is 5.95 Å². The maximum absolute atomic E-state index is 5.70. The van der Waals surface area contributed by atoms with Crippen LogP contribution in [0.4, 0.5) is 5.95 Å². The van der Waals surface area contributed by atoms with E-state index in [9.17, 15) is 0 Å². The van der Waals surface area contributed by atoms with Crippen molar-refractivity contribution in [2.75, 3.05) is 5.73 Å². The zero-order chi connectivity index (χ0) is 13.2. The van der Waals surface area contributed by atoms with Gasteiger partial charge in [-0.05, 0) is 18.7 Å². The zero-order valence-corrected chi connectivity index (χ0v) is 11.5. The van der Waals surface area contributed by atoms with E-state index in [0.717, 1.165) is 10.0 Å². The van der Waals surface area contributed by atoms with Gasteiger partial charge in [-0.1, -0.05) is 0 Å². The van der Waals surface area contributed by atoms with Crippen molar-refractivity contribution in [3.63, 3.8) is 0 Å². The fraction of sp³-hybridized carbons (Fsp3) is 0.100. The van der Waals surface area contributed by atoms with Crippen LogP contribution in [0.15, 0.2) is 33.6 Å². The number of hydrogen-bond acceptors (Lipinski definition) is 8. The summed E-state index contributed by atoms with van der Waals surface area (Å²) in [5.41, 5.74) is 6.67. The number of hydrogen-bond donors (Lipinski definition) is 1. The summed E-state index contributed by atoms with van der Waals surface area (Å²) in [4.78, 5) is 20.8. The summed E-state index contributed by atoms with van der Waals surface area (Å²) >= 11 is 2.91. The average molecular weight is 291 g/mol. The molecule has 19 heavy (non-hydrogen) atoms. The van der Waals surface area contributed by atoms with Crippen molar-refractivity contribution in [2.24, 2.45) is 0 Å². The molecule has 0 radical (unpaired) electrons. The Bertz CT molecular complexity index is 692. The Labute approximate surface area is 117 Å². The lowest BCUT2D eigenvalue weighted by molar-refractivity contribution is 0.832. The molecule has 3 heterocycles. The molecule has 0 bridgehead atoms. The van der Waals surface area contributed by atoms with E-state index < -0.39 is 0 Å². The van der Waals surface area contributed by atoms with E-state index in [4.69, 9.17) is 5.73 Å². The Morgan fingerprint density at radius 2 is 2.16 bits per heavy atom. The molecule has 0 aliphatic rings. The molecule has 0 saturated heterocycles. The predicted octanol–water partition coefficient (Wildman–Crippen LogP) is 1.56. The number of nitrogen functional groups attached to an aromatic ring is 1. The standard InChI is InChI=1S/C10H9N7S2/c1-6-4-18-10(13-6)19-9-15-7(11)14-8(16-9)17-3-2-12-5-17/h2-5H,1H3,(H2,11,14,15,16). The van der Waals surface area contributed by atoms with Gasteiger partial charge in [0.25, 0.3) is 0 Å². The number of nitrogens with two attached hydrogens (primary N) is 1. The lowest BCUT2D eigenvalue weighted by Gasteiger charge is -2.03. The summed E-state index contributed by atoms with van der Waals surface area (Å²) in [7, 11) is 0. The third-order valence-electron chi connectivity index (χ3n) is 2.13. The van der Waals surface area contributed by atoms with Crippen molar-refractivity contribution in [3.05, 3.63) is 29.8 Å². The van der Waals surface area contributed by atoms with E-state index >= 15 is 0 Å². The molecule has 3 rings (SSSR count). The Morgan fingerprint density at radius 1 is 1.26 bits per heavy atom. The van der Waals surface area contributed by atoms with Gasteiger partial charge in [-0.15, -0.1) is 11.3 Å². The molecule has 0 atom stereocenters. The first-order valence-electron chi connectivity index (χ1n) is 5.30. The van der Waals surface area contributed by atoms with Crippen LogP contribution >= 0.6 is 23.1 Å². The number of imidazole rings is 1. The van der Waals surface area contributed by atoms with Gasteiger partial charge >= 0.3 is 0 Å².